The molecule has 1 atom stereocenters. The van der Waals surface area contributed by atoms with Gasteiger partial charge in [-0.3, -0.25) is 9.58 Å². The maximum absolute atomic E-state index is 5.59. The van der Waals surface area contributed by atoms with Crippen molar-refractivity contribution < 1.29 is 9.47 Å². The molecule has 1 fully saturated rings. The third-order valence-electron chi connectivity index (χ3n) is 5.71. The minimum atomic E-state index is 0.426. The zero-order valence-electron chi connectivity index (χ0n) is 17.3. The number of benzene rings is 2. The third-order valence-corrected chi connectivity index (χ3v) is 5.71. The summed E-state index contributed by atoms with van der Waals surface area (Å²) in [5, 5.41) is 4.34. The fourth-order valence-corrected chi connectivity index (χ4v) is 4.26. The lowest BCUT2D eigenvalue weighted by molar-refractivity contribution is 0.140. The van der Waals surface area contributed by atoms with Crippen LogP contribution in [0.15, 0.2) is 60.9 Å². The molecule has 5 heteroatoms. The number of piperidine rings is 1. The van der Waals surface area contributed by atoms with Gasteiger partial charge in [-0.25, -0.2) is 0 Å². The van der Waals surface area contributed by atoms with E-state index in [4.69, 9.17) is 9.47 Å². The molecule has 0 N–H and O–H groups in total. The lowest BCUT2D eigenvalue weighted by atomic mass is 9.94. The van der Waals surface area contributed by atoms with Crippen molar-refractivity contribution >= 4 is 0 Å². The molecule has 1 unspecified atom stereocenters. The van der Waals surface area contributed by atoms with Crippen LogP contribution in [0.3, 0.4) is 0 Å². The third kappa shape index (κ3) is 4.62. The number of likely N-dealkylation sites (tertiary alicyclic amines) is 1. The normalized spacial score (nSPS) is 17.2. The number of rotatable bonds is 7. The summed E-state index contributed by atoms with van der Waals surface area (Å²) in [6.45, 7) is 2.75. The first kappa shape index (κ1) is 19.5. The van der Waals surface area contributed by atoms with Gasteiger partial charge in [0.2, 0.25) is 0 Å². The first-order valence-electron chi connectivity index (χ1n) is 10.3. The van der Waals surface area contributed by atoms with Crippen LogP contribution in [0.2, 0.25) is 0 Å². The number of ether oxygens (including phenoxy) is 2. The first-order valence-corrected chi connectivity index (χ1v) is 10.3. The van der Waals surface area contributed by atoms with Crippen LogP contribution in [0.5, 0.6) is 11.5 Å². The largest absolute Gasteiger partial charge is 0.497 e. The van der Waals surface area contributed by atoms with E-state index in [9.17, 15) is 0 Å². The number of aromatic nitrogens is 2. The van der Waals surface area contributed by atoms with E-state index >= 15 is 0 Å². The SMILES string of the molecule is COc1cccc(C2CCCCN2Cc2ccc(OC)c(Cn3cccn3)c2)c1. The average Bonchev–Trinajstić information content (AvgIpc) is 3.27. The molecule has 29 heavy (non-hydrogen) atoms. The molecule has 152 valence electrons. The van der Waals surface area contributed by atoms with Gasteiger partial charge in [0.15, 0.2) is 0 Å². The molecular formula is C24H29N3O2. The lowest BCUT2D eigenvalue weighted by Gasteiger charge is -2.36. The van der Waals surface area contributed by atoms with E-state index in [-0.39, 0.29) is 0 Å². The highest BCUT2D eigenvalue weighted by molar-refractivity contribution is 5.38. The van der Waals surface area contributed by atoms with Crippen molar-refractivity contribution in [2.24, 2.45) is 0 Å². The fourth-order valence-electron chi connectivity index (χ4n) is 4.26. The predicted octanol–water partition coefficient (Wildman–Crippen LogP) is 4.68. The Kier molecular flexibility index (Phi) is 6.15. The molecule has 0 amide bonds. The van der Waals surface area contributed by atoms with Gasteiger partial charge in [-0.05, 0) is 60.8 Å². The van der Waals surface area contributed by atoms with Crippen LogP contribution in [0, 0.1) is 0 Å². The topological polar surface area (TPSA) is 39.5 Å². The molecule has 2 aromatic carbocycles. The van der Waals surface area contributed by atoms with Crippen molar-refractivity contribution in [2.75, 3.05) is 20.8 Å². The highest BCUT2D eigenvalue weighted by Gasteiger charge is 2.24. The summed E-state index contributed by atoms with van der Waals surface area (Å²) in [7, 11) is 3.46. The van der Waals surface area contributed by atoms with Crippen molar-refractivity contribution in [1.29, 1.82) is 0 Å². The summed E-state index contributed by atoms with van der Waals surface area (Å²) in [6, 6.07) is 17.4. The van der Waals surface area contributed by atoms with Gasteiger partial charge in [0.05, 0.1) is 20.8 Å². The van der Waals surface area contributed by atoms with Crippen LogP contribution in [-0.2, 0) is 13.1 Å². The van der Waals surface area contributed by atoms with E-state index in [1.807, 2.05) is 29.2 Å². The van der Waals surface area contributed by atoms with Gasteiger partial charge in [-0.1, -0.05) is 24.6 Å². The van der Waals surface area contributed by atoms with E-state index in [1.165, 1.54) is 30.4 Å². The van der Waals surface area contributed by atoms with Crippen molar-refractivity contribution in [3.63, 3.8) is 0 Å². The minimum Gasteiger partial charge on any atom is -0.497 e. The summed E-state index contributed by atoms with van der Waals surface area (Å²) in [5.41, 5.74) is 3.81. The maximum atomic E-state index is 5.59. The standard InChI is InChI=1S/C24H29N3O2/c1-28-22-8-5-7-20(16-22)23-9-3-4-13-26(23)17-19-10-11-24(29-2)21(15-19)18-27-14-6-12-25-27/h5-8,10-12,14-16,23H,3-4,9,13,17-18H2,1-2H3. The quantitative estimate of drug-likeness (QED) is 0.586. The first-order chi connectivity index (χ1) is 14.3. The molecular weight excluding hydrogens is 362 g/mol. The zero-order valence-corrected chi connectivity index (χ0v) is 17.3. The second kappa shape index (κ2) is 9.14. The molecule has 1 aliphatic rings. The Morgan fingerprint density at radius 2 is 1.93 bits per heavy atom. The predicted molar refractivity (Wildman–Crippen MR) is 114 cm³/mol. The van der Waals surface area contributed by atoms with Crippen LogP contribution < -0.4 is 9.47 Å². The molecule has 4 rings (SSSR count). The molecule has 0 radical (unpaired) electrons. The van der Waals surface area contributed by atoms with Gasteiger partial charge in [-0.15, -0.1) is 0 Å². The maximum Gasteiger partial charge on any atom is 0.123 e. The zero-order chi connectivity index (χ0) is 20.1. The van der Waals surface area contributed by atoms with Crippen molar-refractivity contribution in [3.05, 3.63) is 77.6 Å². The summed E-state index contributed by atoms with van der Waals surface area (Å²) in [5.74, 6) is 1.84. The lowest BCUT2D eigenvalue weighted by Crippen LogP contribution is -2.33. The molecule has 2 heterocycles. The van der Waals surface area contributed by atoms with Gasteiger partial charge in [-0.2, -0.15) is 5.10 Å². The van der Waals surface area contributed by atoms with Gasteiger partial charge in [0, 0.05) is 30.5 Å². The molecule has 0 spiro atoms. The average molecular weight is 392 g/mol. The van der Waals surface area contributed by atoms with E-state index in [2.05, 4.69) is 46.4 Å². The van der Waals surface area contributed by atoms with Gasteiger partial charge in [0.1, 0.15) is 11.5 Å². The molecule has 5 nitrogen and oxygen atoms in total. The van der Waals surface area contributed by atoms with Gasteiger partial charge in [0.25, 0.3) is 0 Å². The van der Waals surface area contributed by atoms with Crippen molar-refractivity contribution in [1.82, 2.24) is 14.7 Å². The summed E-state index contributed by atoms with van der Waals surface area (Å²) in [6.07, 6.45) is 7.49. The van der Waals surface area contributed by atoms with Crippen LogP contribution in [0.1, 0.15) is 42.0 Å². The number of hydrogen-bond donors (Lipinski definition) is 0. The smallest absolute Gasteiger partial charge is 0.123 e. The van der Waals surface area contributed by atoms with E-state index in [1.54, 1.807) is 14.2 Å². The Labute approximate surface area is 172 Å². The molecule has 3 aromatic rings. The summed E-state index contributed by atoms with van der Waals surface area (Å²) >= 11 is 0. The van der Waals surface area contributed by atoms with Crippen LogP contribution >= 0.6 is 0 Å². The Morgan fingerprint density at radius 3 is 2.72 bits per heavy atom. The van der Waals surface area contributed by atoms with Crippen molar-refractivity contribution in [2.45, 2.75) is 38.4 Å². The second-order valence-electron chi connectivity index (χ2n) is 7.61. The fraction of sp³-hybridized carbons (Fsp3) is 0.375. The molecule has 1 aliphatic heterocycles. The number of nitrogens with zero attached hydrogens (tertiary/aromatic N) is 3. The molecule has 0 aliphatic carbocycles. The summed E-state index contributed by atoms with van der Waals surface area (Å²) < 4.78 is 13.0. The molecule has 1 saturated heterocycles. The van der Waals surface area contributed by atoms with E-state index < -0.39 is 0 Å². The molecule has 0 bridgehead atoms. The highest BCUT2D eigenvalue weighted by Crippen LogP contribution is 2.34. The Morgan fingerprint density at radius 1 is 1.00 bits per heavy atom. The Balaban J connectivity index is 1.56. The van der Waals surface area contributed by atoms with Gasteiger partial charge < -0.3 is 9.47 Å². The highest BCUT2D eigenvalue weighted by atomic mass is 16.5. The van der Waals surface area contributed by atoms with E-state index in [0.717, 1.165) is 30.2 Å². The molecule has 0 saturated carbocycles. The Hall–Kier alpha value is -2.79. The van der Waals surface area contributed by atoms with Gasteiger partial charge >= 0.3 is 0 Å². The second-order valence-corrected chi connectivity index (χ2v) is 7.61. The summed E-state index contributed by atoms with van der Waals surface area (Å²) in [4.78, 5) is 2.60. The van der Waals surface area contributed by atoms with E-state index in [0.29, 0.717) is 12.6 Å². The monoisotopic (exact) mass is 391 g/mol. The van der Waals surface area contributed by atoms with Crippen LogP contribution in [0.25, 0.3) is 0 Å². The number of hydrogen-bond acceptors (Lipinski definition) is 4. The minimum absolute atomic E-state index is 0.426. The molecule has 1 aromatic heterocycles. The van der Waals surface area contributed by atoms with Crippen molar-refractivity contribution in [3.8, 4) is 11.5 Å². The Bertz CT molecular complexity index is 924. The van der Waals surface area contributed by atoms with Crippen LogP contribution in [-0.4, -0.2) is 35.4 Å². The van der Waals surface area contributed by atoms with Crippen LogP contribution in [0.4, 0.5) is 0 Å². The number of methoxy groups -OCH3 is 2.